The highest BCUT2D eigenvalue weighted by Gasteiger charge is 2.34. The topological polar surface area (TPSA) is 86.5 Å². The fraction of sp³-hybridized carbons (Fsp3) is 0.357. The molecule has 0 unspecified atom stereocenters. The van der Waals surface area contributed by atoms with Crippen LogP contribution in [0.2, 0.25) is 0 Å². The van der Waals surface area contributed by atoms with Gasteiger partial charge in [0.1, 0.15) is 17.2 Å². The Balaban J connectivity index is 2.18. The number of carboxylic acids is 1. The van der Waals surface area contributed by atoms with Gasteiger partial charge >= 0.3 is 5.97 Å². The summed E-state index contributed by atoms with van der Waals surface area (Å²) in [6, 6.07) is 5.28. The smallest absolute Gasteiger partial charge is 0.358 e. The molecule has 0 aliphatic heterocycles. The molecule has 1 fully saturated rings. The lowest BCUT2D eigenvalue weighted by atomic mass is 10.2. The van der Waals surface area contributed by atoms with Crippen LogP contribution in [0.1, 0.15) is 34.9 Å². The molecule has 0 bridgehead atoms. The number of rotatable bonds is 5. The van der Waals surface area contributed by atoms with Crippen LogP contribution in [0.4, 0.5) is 0 Å². The summed E-state index contributed by atoms with van der Waals surface area (Å²) >= 11 is 0. The third kappa shape index (κ3) is 2.31. The number of benzene rings is 1. The van der Waals surface area contributed by atoms with Gasteiger partial charge in [-0.05, 0) is 25.0 Å². The predicted octanol–water partition coefficient (Wildman–Crippen LogP) is 1.86. The van der Waals surface area contributed by atoms with Gasteiger partial charge in [-0.1, -0.05) is 5.21 Å². The van der Waals surface area contributed by atoms with Crippen molar-refractivity contribution in [3.8, 4) is 17.2 Å². The van der Waals surface area contributed by atoms with Crippen LogP contribution < -0.4 is 9.47 Å². The molecule has 21 heavy (non-hydrogen) atoms. The van der Waals surface area contributed by atoms with E-state index in [0.29, 0.717) is 22.9 Å². The minimum Gasteiger partial charge on any atom is -0.497 e. The van der Waals surface area contributed by atoms with E-state index in [2.05, 4.69) is 10.3 Å². The lowest BCUT2D eigenvalue weighted by Crippen LogP contribution is -2.07. The summed E-state index contributed by atoms with van der Waals surface area (Å²) in [4.78, 5) is 11.3. The maximum absolute atomic E-state index is 11.3. The first-order valence-corrected chi connectivity index (χ1v) is 6.57. The summed E-state index contributed by atoms with van der Waals surface area (Å²) in [5, 5.41) is 17.1. The van der Waals surface area contributed by atoms with Gasteiger partial charge in [0.25, 0.3) is 0 Å². The fourth-order valence-electron chi connectivity index (χ4n) is 2.30. The van der Waals surface area contributed by atoms with Crippen LogP contribution in [0.3, 0.4) is 0 Å². The van der Waals surface area contributed by atoms with Crippen LogP contribution in [0, 0.1) is 0 Å². The highest BCUT2D eigenvalue weighted by molar-refractivity contribution is 5.87. The molecule has 1 saturated carbocycles. The van der Waals surface area contributed by atoms with Crippen molar-refractivity contribution in [1.82, 2.24) is 15.0 Å². The molecule has 2 aromatic rings. The maximum atomic E-state index is 11.3. The van der Waals surface area contributed by atoms with E-state index in [1.165, 1.54) is 0 Å². The quantitative estimate of drug-likeness (QED) is 0.904. The average Bonchev–Trinajstić information content (AvgIpc) is 3.24. The van der Waals surface area contributed by atoms with Gasteiger partial charge in [-0.15, -0.1) is 5.10 Å². The number of aromatic carboxylic acids is 1. The highest BCUT2D eigenvalue weighted by atomic mass is 16.5. The van der Waals surface area contributed by atoms with Gasteiger partial charge in [-0.2, -0.15) is 0 Å². The van der Waals surface area contributed by atoms with Crippen molar-refractivity contribution >= 4 is 5.97 Å². The average molecular weight is 289 g/mol. The van der Waals surface area contributed by atoms with E-state index in [1.807, 2.05) is 0 Å². The van der Waals surface area contributed by atoms with E-state index in [4.69, 9.17) is 9.47 Å². The molecular weight excluding hydrogens is 274 g/mol. The standard InChI is InChI=1S/C14H15N3O4/c1-20-9-5-6-11(21-2)10(7-9)17-13(8-3-4-8)12(14(18)19)15-16-17/h5-8H,3-4H2,1-2H3,(H,18,19). The van der Waals surface area contributed by atoms with Gasteiger partial charge in [0.05, 0.1) is 19.9 Å². The molecule has 7 heteroatoms. The first-order chi connectivity index (χ1) is 10.2. The summed E-state index contributed by atoms with van der Waals surface area (Å²) in [7, 11) is 3.12. The van der Waals surface area contributed by atoms with Crippen LogP contribution in [-0.4, -0.2) is 40.3 Å². The van der Waals surface area contributed by atoms with Gasteiger partial charge in [-0.3, -0.25) is 0 Å². The van der Waals surface area contributed by atoms with Gasteiger partial charge in [0, 0.05) is 12.0 Å². The van der Waals surface area contributed by atoms with Gasteiger partial charge in [0.15, 0.2) is 5.69 Å². The minimum atomic E-state index is -1.06. The van der Waals surface area contributed by atoms with Crippen molar-refractivity contribution in [1.29, 1.82) is 0 Å². The number of ether oxygens (including phenoxy) is 2. The normalized spacial score (nSPS) is 14.0. The predicted molar refractivity (Wildman–Crippen MR) is 73.4 cm³/mol. The van der Waals surface area contributed by atoms with Crippen LogP contribution >= 0.6 is 0 Å². The zero-order chi connectivity index (χ0) is 15.0. The van der Waals surface area contributed by atoms with E-state index in [0.717, 1.165) is 12.8 Å². The zero-order valence-corrected chi connectivity index (χ0v) is 11.7. The van der Waals surface area contributed by atoms with Crippen LogP contribution in [0.15, 0.2) is 18.2 Å². The molecule has 0 saturated heterocycles. The van der Waals surface area contributed by atoms with Crippen LogP contribution in [-0.2, 0) is 0 Å². The second-order valence-electron chi connectivity index (χ2n) is 4.85. The van der Waals surface area contributed by atoms with Crippen molar-refractivity contribution in [3.05, 3.63) is 29.6 Å². The van der Waals surface area contributed by atoms with Crippen molar-refractivity contribution in [3.63, 3.8) is 0 Å². The molecule has 1 aliphatic carbocycles. The Bertz CT molecular complexity index is 692. The lowest BCUT2D eigenvalue weighted by molar-refractivity contribution is 0.0689. The summed E-state index contributed by atoms with van der Waals surface area (Å²) in [5.41, 5.74) is 1.25. The third-order valence-corrected chi connectivity index (χ3v) is 3.49. The molecule has 110 valence electrons. The number of carbonyl (C=O) groups is 1. The van der Waals surface area contributed by atoms with Crippen LogP contribution in [0.5, 0.6) is 11.5 Å². The minimum absolute atomic E-state index is 0.00220. The third-order valence-electron chi connectivity index (χ3n) is 3.49. The van der Waals surface area contributed by atoms with Crippen molar-refractivity contribution in [2.45, 2.75) is 18.8 Å². The second-order valence-corrected chi connectivity index (χ2v) is 4.85. The van der Waals surface area contributed by atoms with Crippen molar-refractivity contribution < 1.29 is 19.4 Å². The number of nitrogens with zero attached hydrogens (tertiary/aromatic N) is 3. The summed E-state index contributed by atoms with van der Waals surface area (Å²) in [6.07, 6.45) is 1.89. The first-order valence-electron chi connectivity index (χ1n) is 6.57. The van der Waals surface area contributed by atoms with Gasteiger partial charge in [0.2, 0.25) is 0 Å². The molecule has 1 N–H and O–H groups in total. The Labute approximate surface area is 121 Å². The molecule has 1 aliphatic rings. The second kappa shape index (κ2) is 5.08. The van der Waals surface area contributed by atoms with Crippen molar-refractivity contribution in [2.24, 2.45) is 0 Å². The Kier molecular flexibility index (Phi) is 3.25. The van der Waals surface area contributed by atoms with Gasteiger partial charge in [-0.25, -0.2) is 9.48 Å². The van der Waals surface area contributed by atoms with E-state index in [-0.39, 0.29) is 11.6 Å². The van der Waals surface area contributed by atoms with E-state index in [9.17, 15) is 9.90 Å². The van der Waals surface area contributed by atoms with E-state index >= 15 is 0 Å². The molecule has 1 aromatic heterocycles. The Morgan fingerprint density at radius 3 is 2.67 bits per heavy atom. The Morgan fingerprint density at radius 2 is 2.10 bits per heavy atom. The molecule has 0 radical (unpaired) electrons. The molecule has 3 rings (SSSR count). The first kappa shape index (κ1) is 13.4. The highest BCUT2D eigenvalue weighted by Crippen LogP contribution is 2.43. The van der Waals surface area contributed by atoms with Crippen molar-refractivity contribution in [2.75, 3.05) is 14.2 Å². The molecule has 7 nitrogen and oxygen atoms in total. The number of carboxylic acid groups (broad SMARTS) is 1. The molecule has 0 amide bonds. The van der Waals surface area contributed by atoms with E-state index < -0.39 is 5.97 Å². The summed E-state index contributed by atoms with van der Waals surface area (Å²) < 4.78 is 12.1. The maximum Gasteiger partial charge on any atom is 0.358 e. The fourth-order valence-corrected chi connectivity index (χ4v) is 2.30. The number of aromatic nitrogens is 3. The Morgan fingerprint density at radius 1 is 1.33 bits per heavy atom. The summed E-state index contributed by atoms with van der Waals surface area (Å²) in [5.74, 6) is 0.339. The number of methoxy groups -OCH3 is 2. The number of hydrogen-bond donors (Lipinski definition) is 1. The SMILES string of the molecule is COc1ccc(OC)c(-n2nnc(C(=O)O)c2C2CC2)c1. The molecule has 1 heterocycles. The molecule has 1 aromatic carbocycles. The van der Waals surface area contributed by atoms with Gasteiger partial charge < -0.3 is 14.6 Å². The molecule has 0 spiro atoms. The Hall–Kier alpha value is -2.57. The largest absolute Gasteiger partial charge is 0.497 e. The molecular formula is C14H15N3O4. The number of hydrogen-bond acceptors (Lipinski definition) is 5. The monoisotopic (exact) mass is 289 g/mol. The lowest BCUT2D eigenvalue weighted by Gasteiger charge is -2.12. The van der Waals surface area contributed by atoms with E-state index in [1.54, 1.807) is 37.1 Å². The van der Waals surface area contributed by atoms with Crippen LogP contribution in [0.25, 0.3) is 5.69 Å². The molecule has 0 atom stereocenters. The summed E-state index contributed by atoms with van der Waals surface area (Å²) in [6.45, 7) is 0. The zero-order valence-electron chi connectivity index (χ0n) is 11.7.